The number of nitrogens with zero attached hydrogens (tertiary/aromatic N) is 5. The second-order valence-corrected chi connectivity index (χ2v) is 7.07. The standard InChI is InChI=1S/C19H22FN7O/c1-11(2)22-18-24-17(13-4-3-5-14(28)16(13)20)25-19(26-18)23-12-6-8-27-9-7-21-15(27)10-12/h6-11,14,28H,3-5H2,1-2H3,(H2,22,23,24,25,26). The number of nitrogens with one attached hydrogen (secondary N) is 2. The Morgan fingerprint density at radius 1 is 1.21 bits per heavy atom. The zero-order valence-electron chi connectivity index (χ0n) is 15.7. The fourth-order valence-electron chi connectivity index (χ4n) is 3.14. The molecule has 146 valence electrons. The van der Waals surface area contributed by atoms with Crippen LogP contribution in [0.5, 0.6) is 0 Å². The molecule has 3 aromatic heterocycles. The molecule has 3 N–H and O–H groups in total. The maximum atomic E-state index is 14.5. The summed E-state index contributed by atoms with van der Waals surface area (Å²) in [6.07, 6.45) is 5.92. The molecule has 0 aliphatic heterocycles. The van der Waals surface area contributed by atoms with E-state index in [1.54, 1.807) is 6.20 Å². The van der Waals surface area contributed by atoms with Crippen molar-refractivity contribution in [3.8, 4) is 0 Å². The highest BCUT2D eigenvalue weighted by molar-refractivity contribution is 5.67. The Hall–Kier alpha value is -3.07. The van der Waals surface area contributed by atoms with Crippen molar-refractivity contribution < 1.29 is 9.50 Å². The molecule has 0 amide bonds. The van der Waals surface area contributed by atoms with Crippen LogP contribution in [0.1, 0.15) is 38.9 Å². The van der Waals surface area contributed by atoms with Crippen molar-refractivity contribution in [1.82, 2.24) is 24.3 Å². The molecule has 0 radical (unpaired) electrons. The monoisotopic (exact) mass is 383 g/mol. The Balaban J connectivity index is 1.72. The molecule has 0 fully saturated rings. The SMILES string of the molecule is CC(C)Nc1nc(Nc2ccn3ccnc3c2)nc(C2=C(F)C(O)CCC2)n1. The third kappa shape index (κ3) is 3.79. The number of halogens is 1. The zero-order valence-corrected chi connectivity index (χ0v) is 15.7. The molecule has 4 rings (SSSR count). The first-order valence-corrected chi connectivity index (χ1v) is 9.29. The number of anilines is 3. The number of fused-ring (bicyclic) bond motifs is 1. The number of aliphatic hydroxyl groups is 1. The van der Waals surface area contributed by atoms with E-state index in [0.717, 1.165) is 11.3 Å². The van der Waals surface area contributed by atoms with Crippen LogP contribution in [-0.4, -0.2) is 41.6 Å². The lowest BCUT2D eigenvalue weighted by Gasteiger charge is -2.19. The van der Waals surface area contributed by atoms with E-state index in [-0.39, 0.29) is 11.9 Å². The first kappa shape index (κ1) is 18.3. The number of allylic oxidation sites excluding steroid dienone is 1. The maximum Gasteiger partial charge on any atom is 0.232 e. The Labute approximate surface area is 161 Å². The van der Waals surface area contributed by atoms with Crippen molar-refractivity contribution in [3.63, 3.8) is 0 Å². The van der Waals surface area contributed by atoms with Gasteiger partial charge in [-0.05, 0) is 39.2 Å². The minimum absolute atomic E-state index is 0.0974. The van der Waals surface area contributed by atoms with Crippen LogP contribution >= 0.6 is 0 Å². The normalized spacial score (nSPS) is 17.4. The quantitative estimate of drug-likeness (QED) is 0.621. The third-order valence-corrected chi connectivity index (χ3v) is 4.46. The molecular weight excluding hydrogens is 361 g/mol. The van der Waals surface area contributed by atoms with Crippen LogP contribution < -0.4 is 10.6 Å². The lowest BCUT2D eigenvalue weighted by Crippen LogP contribution is -2.18. The summed E-state index contributed by atoms with van der Waals surface area (Å²) in [5.41, 5.74) is 1.87. The van der Waals surface area contributed by atoms with Gasteiger partial charge in [-0.25, -0.2) is 9.37 Å². The number of hydrogen-bond acceptors (Lipinski definition) is 7. The Morgan fingerprint density at radius 2 is 2.04 bits per heavy atom. The molecule has 0 saturated carbocycles. The number of pyridine rings is 1. The molecule has 3 heterocycles. The van der Waals surface area contributed by atoms with Gasteiger partial charge < -0.3 is 20.1 Å². The van der Waals surface area contributed by atoms with Gasteiger partial charge in [0, 0.05) is 42.0 Å². The Bertz CT molecular complexity index is 1030. The average Bonchev–Trinajstić information content (AvgIpc) is 3.11. The van der Waals surface area contributed by atoms with Gasteiger partial charge in [-0.2, -0.15) is 15.0 Å². The number of aromatic nitrogens is 5. The van der Waals surface area contributed by atoms with E-state index in [9.17, 15) is 9.50 Å². The highest BCUT2D eigenvalue weighted by Crippen LogP contribution is 2.32. The van der Waals surface area contributed by atoms with Crippen LogP contribution in [0.2, 0.25) is 0 Å². The minimum Gasteiger partial charge on any atom is -0.386 e. The van der Waals surface area contributed by atoms with Gasteiger partial charge in [0.05, 0.1) is 0 Å². The Morgan fingerprint density at radius 3 is 2.86 bits per heavy atom. The summed E-state index contributed by atoms with van der Waals surface area (Å²) in [5.74, 6) is 0.325. The third-order valence-electron chi connectivity index (χ3n) is 4.46. The summed E-state index contributed by atoms with van der Waals surface area (Å²) in [4.78, 5) is 17.4. The molecule has 1 unspecified atom stereocenters. The van der Waals surface area contributed by atoms with Gasteiger partial charge in [-0.3, -0.25) is 0 Å². The molecule has 1 aliphatic carbocycles. The molecule has 3 aromatic rings. The van der Waals surface area contributed by atoms with E-state index < -0.39 is 11.9 Å². The van der Waals surface area contributed by atoms with Gasteiger partial charge in [0.2, 0.25) is 11.9 Å². The summed E-state index contributed by atoms with van der Waals surface area (Å²) < 4.78 is 16.4. The van der Waals surface area contributed by atoms with Crippen molar-refractivity contribution in [1.29, 1.82) is 0 Å². The molecule has 9 heteroatoms. The van der Waals surface area contributed by atoms with E-state index in [4.69, 9.17) is 0 Å². The fraction of sp³-hybridized carbons (Fsp3) is 0.368. The molecule has 28 heavy (non-hydrogen) atoms. The highest BCUT2D eigenvalue weighted by atomic mass is 19.1. The van der Waals surface area contributed by atoms with Crippen LogP contribution in [0.3, 0.4) is 0 Å². The lowest BCUT2D eigenvalue weighted by molar-refractivity contribution is 0.165. The topological polar surface area (TPSA) is 100 Å². The van der Waals surface area contributed by atoms with Gasteiger partial charge >= 0.3 is 0 Å². The van der Waals surface area contributed by atoms with Gasteiger partial charge in [0.1, 0.15) is 17.6 Å². The van der Waals surface area contributed by atoms with Gasteiger partial charge in [-0.15, -0.1) is 0 Å². The number of aliphatic hydroxyl groups excluding tert-OH is 1. The molecule has 0 aromatic carbocycles. The summed E-state index contributed by atoms with van der Waals surface area (Å²) in [5, 5.41) is 16.1. The van der Waals surface area contributed by atoms with Crippen molar-refractivity contribution >= 4 is 28.8 Å². The van der Waals surface area contributed by atoms with Crippen molar-refractivity contribution in [3.05, 3.63) is 42.4 Å². The van der Waals surface area contributed by atoms with E-state index in [1.165, 1.54) is 0 Å². The molecule has 1 aliphatic rings. The first-order chi connectivity index (χ1) is 13.5. The van der Waals surface area contributed by atoms with Crippen LogP contribution in [0.4, 0.5) is 22.0 Å². The largest absolute Gasteiger partial charge is 0.386 e. The molecule has 0 spiro atoms. The van der Waals surface area contributed by atoms with E-state index in [2.05, 4.69) is 30.6 Å². The smallest absolute Gasteiger partial charge is 0.232 e. The lowest BCUT2D eigenvalue weighted by atomic mass is 9.96. The van der Waals surface area contributed by atoms with Crippen LogP contribution in [0.25, 0.3) is 11.2 Å². The second-order valence-electron chi connectivity index (χ2n) is 7.07. The second kappa shape index (κ2) is 7.51. The van der Waals surface area contributed by atoms with Gasteiger partial charge in [0.25, 0.3) is 0 Å². The van der Waals surface area contributed by atoms with Crippen LogP contribution in [0, 0.1) is 0 Å². The molecule has 0 bridgehead atoms. The van der Waals surface area contributed by atoms with Crippen LogP contribution in [-0.2, 0) is 0 Å². The van der Waals surface area contributed by atoms with Crippen molar-refractivity contribution in [2.24, 2.45) is 0 Å². The summed E-state index contributed by atoms with van der Waals surface area (Å²) in [7, 11) is 0. The minimum atomic E-state index is -1.10. The summed E-state index contributed by atoms with van der Waals surface area (Å²) in [6, 6.07) is 3.83. The molecular formula is C19H22FN7O. The van der Waals surface area contributed by atoms with Crippen molar-refractivity contribution in [2.75, 3.05) is 10.6 Å². The zero-order chi connectivity index (χ0) is 19.7. The number of imidazole rings is 1. The fourth-order valence-corrected chi connectivity index (χ4v) is 3.14. The van der Waals surface area contributed by atoms with E-state index in [1.807, 2.05) is 42.8 Å². The molecule has 0 saturated heterocycles. The first-order valence-electron chi connectivity index (χ1n) is 9.29. The molecule has 8 nitrogen and oxygen atoms in total. The Kier molecular flexibility index (Phi) is 4.91. The van der Waals surface area contributed by atoms with E-state index >= 15 is 0 Å². The maximum absolute atomic E-state index is 14.5. The van der Waals surface area contributed by atoms with Crippen molar-refractivity contribution in [2.45, 2.75) is 45.3 Å². The predicted molar refractivity (Wildman–Crippen MR) is 105 cm³/mol. The van der Waals surface area contributed by atoms with E-state index in [0.29, 0.717) is 36.7 Å². The average molecular weight is 383 g/mol. The summed E-state index contributed by atoms with van der Waals surface area (Å²) >= 11 is 0. The summed E-state index contributed by atoms with van der Waals surface area (Å²) in [6.45, 7) is 3.93. The van der Waals surface area contributed by atoms with Gasteiger partial charge in [-0.1, -0.05) is 0 Å². The number of rotatable bonds is 5. The number of hydrogen-bond donors (Lipinski definition) is 3. The highest BCUT2D eigenvalue weighted by Gasteiger charge is 2.25. The van der Waals surface area contributed by atoms with Crippen LogP contribution in [0.15, 0.2) is 36.6 Å². The predicted octanol–water partition coefficient (Wildman–Crippen LogP) is 3.31. The molecule has 1 atom stereocenters. The van der Waals surface area contributed by atoms with Gasteiger partial charge in [0.15, 0.2) is 5.82 Å².